The molecule has 0 aliphatic heterocycles. The third kappa shape index (κ3) is 3.52. The van der Waals surface area contributed by atoms with Gasteiger partial charge in [0.05, 0.1) is 0 Å². The van der Waals surface area contributed by atoms with E-state index in [4.69, 9.17) is 0 Å². The summed E-state index contributed by atoms with van der Waals surface area (Å²) in [5.41, 5.74) is 1.21. The molecule has 0 aromatic heterocycles. The molecule has 1 nitrogen and oxygen atoms in total. The maximum Gasteiger partial charge on any atom is 0.407 e. The van der Waals surface area contributed by atoms with Crippen LogP contribution in [0.1, 0.15) is 31.0 Å². The molecule has 1 aromatic rings. The summed E-state index contributed by atoms with van der Waals surface area (Å²) < 4.78 is 38.4. The van der Waals surface area contributed by atoms with E-state index in [-0.39, 0.29) is 11.6 Å². The van der Waals surface area contributed by atoms with E-state index in [1.807, 2.05) is 6.92 Å². The molecule has 0 aliphatic rings. The summed E-state index contributed by atoms with van der Waals surface area (Å²) >= 11 is 0. The van der Waals surface area contributed by atoms with Gasteiger partial charge in [-0.3, -0.25) is 0 Å². The smallest absolute Gasteiger partial charge is 0.300 e. The van der Waals surface area contributed by atoms with Crippen LogP contribution in [0.5, 0.6) is 0 Å². The van der Waals surface area contributed by atoms with Crippen LogP contribution in [0, 0.1) is 6.92 Å². The van der Waals surface area contributed by atoms with Crippen LogP contribution in [0.25, 0.3) is 0 Å². The van der Waals surface area contributed by atoms with Crippen molar-refractivity contribution in [3.63, 3.8) is 0 Å². The van der Waals surface area contributed by atoms with E-state index >= 15 is 0 Å². The summed E-state index contributed by atoms with van der Waals surface area (Å²) in [5.74, 6) is 0. The quantitative estimate of drug-likeness (QED) is 0.838. The van der Waals surface area contributed by atoms with E-state index in [9.17, 15) is 13.2 Å². The predicted molar refractivity (Wildman–Crippen MR) is 58.2 cm³/mol. The maximum absolute atomic E-state index is 12.8. The van der Waals surface area contributed by atoms with Gasteiger partial charge in [0.1, 0.15) is 6.04 Å². The number of benzene rings is 1. The van der Waals surface area contributed by atoms with Crippen molar-refractivity contribution in [2.24, 2.45) is 0 Å². The summed E-state index contributed by atoms with van der Waals surface area (Å²) in [6.45, 7) is 5.25. The lowest BCUT2D eigenvalue weighted by Gasteiger charge is -2.24. The number of nitrogens with one attached hydrogen (secondary N) is 1. The molecule has 1 aromatic carbocycles. The van der Waals surface area contributed by atoms with E-state index in [0.29, 0.717) is 0 Å². The second-order valence-electron chi connectivity index (χ2n) is 4.21. The Morgan fingerprint density at radius 2 is 1.56 bits per heavy atom. The number of halogens is 3. The summed E-state index contributed by atoms with van der Waals surface area (Å²) in [6.07, 6.45) is -4.26. The molecule has 0 aliphatic carbocycles. The van der Waals surface area contributed by atoms with Crippen molar-refractivity contribution in [1.29, 1.82) is 0 Å². The number of hydrogen-bond acceptors (Lipinski definition) is 1. The zero-order valence-corrected chi connectivity index (χ0v) is 9.60. The minimum atomic E-state index is -4.26. The lowest BCUT2D eigenvalue weighted by molar-refractivity contribution is -0.159. The van der Waals surface area contributed by atoms with Gasteiger partial charge in [0.25, 0.3) is 0 Å². The van der Waals surface area contributed by atoms with Crippen molar-refractivity contribution in [2.45, 2.75) is 39.0 Å². The maximum atomic E-state index is 12.8. The van der Waals surface area contributed by atoms with Crippen molar-refractivity contribution in [3.05, 3.63) is 35.4 Å². The van der Waals surface area contributed by atoms with Gasteiger partial charge in [-0.15, -0.1) is 0 Å². The molecule has 0 amide bonds. The highest BCUT2D eigenvalue weighted by Crippen LogP contribution is 2.33. The Kier molecular flexibility index (Phi) is 3.97. The van der Waals surface area contributed by atoms with Gasteiger partial charge in [-0.2, -0.15) is 13.2 Å². The predicted octanol–water partition coefficient (Wildman–Crippen LogP) is 3.60. The Morgan fingerprint density at radius 1 is 1.06 bits per heavy atom. The number of hydrogen-bond donors (Lipinski definition) is 1. The fourth-order valence-corrected chi connectivity index (χ4v) is 1.47. The molecule has 0 saturated heterocycles. The Morgan fingerprint density at radius 3 is 1.94 bits per heavy atom. The molecular formula is C12H16F3N. The highest BCUT2D eigenvalue weighted by atomic mass is 19.4. The first-order valence-corrected chi connectivity index (χ1v) is 5.20. The summed E-state index contributed by atoms with van der Waals surface area (Å²) in [4.78, 5) is 0. The van der Waals surface area contributed by atoms with Crippen molar-refractivity contribution in [2.75, 3.05) is 0 Å². The fourth-order valence-electron chi connectivity index (χ4n) is 1.47. The lowest BCUT2D eigenvalue weighted by atomic mass is 10.0. The van der Waals surface area contributed by atoms with Crippen LogP contribution in [0.2, 0.25) is 0 Å². The Hall–Kier alpha value is -1.03. The van der Waals surface area contributed by atoms with E-state index < -0.39 is 12.2 Å². The molecule has 1 unspecified atom stereocenters. The van der Waals surface area contributed by atoms with Crippen LogP contribution >= 0.6 is 0 Å². The average molecular weight is 231 g/mol. The van der Waals surface area contributed by atoms with E-state index in [0.717, 1.165) is 5.56 Å². The summed E-state index contributed by atoms with van der Waals surface area (Å²) in [5, 5.41) is 2.53. The number of aryl methyl sites for hydroxylation is 1. The molecule has 1 atom stereocenters. The van der Waals surface area contributed by atoms with Gasteiger partial charge in [0, 0.05) is 6.04 Å². The molecule has 1 rings (SSSR count). The van der Waals surface area contributed by atoms with E-state index in [1.54, 1.807) is 26.0 Å². The minimum Gasteiger partial charge on any atom is -0.300 e. The van der Waals surface area contributed by atoms with Gasteiger partial charge in [0.2, 0.25) is 0 Å². The standard InChI is InChI=1S/C12H16F3N/c1-8(2)16-11(12(13,14)15)10-6-4-9(3)5-7-10/h4-8,11,16H,1-3H3. The van der Waals surface area contributed by atoms with Crippen LogP contribution in [-0.2, 0) is 0 Å². The van der Waals surface area contributed by atoms with Gasteiger partial charge < -0.3 is 5.32 Å². The van der Waals surface area contributed by atoms with Crippen molar-refractivity contribution < 1.29 is 13.2 Å². The van der Waals surface area contributed by atoms with Gasteiger partial charge in [0.15, 0.2) is 0 Å². The lowest BCUT2D eigenvalue weighted by Crippen LogP contribution is -2.38. The van der Waals surface area contributed by atoms with Gasteiger partial charge in [-0.05, 0) is 12.5 Å². The first-order chi connectivity index (χ1) is 7.30. The molecule has 4 heteroatoms. The molecule has 1 N–H and O–H groups in total. The Labute approximate surface area is 93.7 Å². The first kappa shape index (κ1) is 13.0. The van der Waals surface area contributed by atoms with E-state index in [1.165, 1.54) is 12.1 Å². The molecule has 16 heavy (non-hydrogen) atoms. The second-order valence-corrected chi connectivity index (χ2v) is 4.21. The largest absolute Gasteiger partial charge is 0.407 e. The topological polar surface area (TPSA) is 12.0 Å². The van der Waals surface area contributed by atoms with Crippen LogP contribution in [0.15, 0.2) is 24.3 Å². The third-order valence-electron chi connectivity index (χ3n) is 2.24. The second kappa shape index (κ2) is 4.87. The fraction of sp³-hybridized carbons (Fsp3) is 0.500. The molecule has 0 heterocycles. The zero-order chi connectivity index (χ0) is 12.3. The van der Waals surface area contributed by atoms with Crippen molar-refractivity contribution in [1.82, 2.24) is 5.32 Å². The SMILES string of the molecule is Cc1ccc(C(NC(C)C)C(F)(F)F)cc1. The molecule has 0 radical (unpaired) electrons. The molecule has 0 fully saturated rings. The first-order valence-electron chi connectivity index (χ1n) is 5.20. The Bertz CT molecular complexity index is 327. The number of rotatable bonds is 3. The van der Waals surface area contributed by atoms with E-state index in [2.05, 4.69) is 5.32 Å². The van der Waals surface area contributed by atoms with Crippen molar-refractivity contribution in [3.8, 4) is 0 Å². The summed E-state index contributed by atoms with van der Waals surface area (Å²) in [7, 11) is 0. The zero-order valence-electron chi connectivity index (χ0n) is 9.60. The van der Waals surface area contributed by atoms with Gasteiger partial charge in [-0.25, -0.2) is 0 Å². The average Bonchev–Trinajstić information content (AvgIpc) is 2.14. The third-order valence-corrected chi connectivity index (χ3v) is 2.24. The van der Waals surface area contributed by atoms with Crippen LogP contribution < -0.4 is 5.32 Å². The normalized spacial score (nSPS) is 14.2. The van der Waals surface area contributed by atoms with Crippen molar-refractivity contribution >= 4 is 0 Å². The monoisotopic (exact) mass is 231 g/mol. The highest BCUT2D eigenvalue weighted by Gasteiger charge is 2.40. The van der Waals surface area contributed by atoms with Crippen LogP contribution in [0.3, 0.4) is 0 Å². The highest BCUT2D eigenvalue weighted by molar-refractivity contribution is 5.25. The molecule has 0 bridgehead atoms. The molecule has 0 spiro atoms. The van der Waals surface area contributed by atoms with Crippen LogP contribution in [-0.4, -0.2) is 12.2 Å². The molecule has 90 valence electrons. The van der Waals surface area contributed by atoms with Gasteiger partial charge in [-0.1, -0.05) is 43.7 Å². The minimum absolute atomic E-state index is 0.215. The molecule has 0 saturated carbocycles. The Balaban J connectivity index is 2.97. The van der Waals surface area contributed by atoms with Crippen LogP contribution in [0.4, 0.5) is 13.2 Å². The number of alkyl halides is 3. The van der Waals surface area contributed by atoms with Gasteiger partial charge >= 0.3 is 6.18 Å². The summed E-state index contributed by atoms with van der Waals surface area (Å²) in [6, 6.07) is 4.61. The molecular weight excluding hydrogens is 215 g/mol.